The Morgan fingerprint density at radius 2 is 1.55 bits per heavy atom. The van der Waals surface area contributed by atoms with Gasteiger partial charge in [0.05, 0.1) is 18.8 Å². The molecule has 1 amide bonds. The molecule has 7 nitrogen and oxygen atoms in total. The Morgan fingerprint density at radius 3 is 2.19 bits per heavy atom. The summed E-state index contributed by atoms with van der Waals surface area (Å²) in [6.07, 6.45) is 4.64. The van der Waals surface area contributed by atoms with Crippen molar-refractivity contribution in [1.82, 2.24) is 0 Å². The van der Waals surface area contributed by atoms with E-state index < -0.39 is 0 Å². The Bertz CT molecular complexity index is 830. The predicted molar refractivity (Wildman–Crippen MR) is 119 cm³/mol. The smallest absolute Gasteiger partial charge is 0.243 e. The van der Waals surface area contributed by atoms with Gasteiger partial charge in [-0.2, -0.15) is 0 Å². The molecule has 2 unspecified atom stereocenters. The number of carbonyl (C=O) groups is 1. The molecule has 0 bridgehead atoms. The molecule has 2 aliphatic rings. The zero-order chi connectivity index (χ0) is 21.3. The molecule has 2 N–H and O–H groups in total. The maximum atomic E-state index is 12.3. The van der Waals surface area contributed by atoms with Gasteiger partial charge in [0.25, 0.3) is 0 Å². The zero-order valence-corrected chi connectivity index (χ0v) is 17.7. The number of nitrogens with one attached hydrogen (secondary N) is 2. The first-order chi connectivity index (χ1) is 15.2. The van der Waals surface area contributed by atoms with Gasteiger partial charge in [-0.15, -0.1) is 0 Å². The van der Waals surface area contributed by atoms with E-state index >= 15 is 0 Å². The molecule has 0 spiro atoms. The van der Waals surface area contributed by atoms with Crippen molar-refractivity contribution in [3.63, 3.8) is 0 Å². The van der Waals surface area contributed by atoms with Gasteiger partial charge in [-0.1, -0.05) is 6.07 Å². The molecule has 2 atom stereocenters. The third-order valence-corrected chi connectivity index (χ3v) is 5.34. The second kappa shape index (κ2) is 11.0. The van der Waals surface area contributed by atoms with E-state index in [1.54, 1.807) is 0 Å². The van der Waals surface area contributed by atoms with Crippen molar-refractivity contribution in [1.29, 1.82) is 0 Å². The molecular formula is C24H30N2O5. The van der Waals surface area contributed by atoms with Crippen molar-refractivity contribution in [3.05, 3.63) is 48.5 Å². The minimum atomic E-state index is -0.126. The van der Waals surface area contributed by atoms with Crippen LogP contribution in [-0.4, -0.2) is 51.1 Å². The molecule has 166 valence electrons. The van der Waals surface area contributed by atoms with Gasteiger partial charge in [0.1, 0.15) is 24.7 Å². The van der Waals surface area contributed by atoms with E-state index in [-0.39, 0.29) is 24.7 Å². The minimum Gasteiger partial charge on any atom is -0.491 e. The number of ether oxygens (including phenoxy) is 4. The van der Waals surface area contributed by atoms with Gasteiger partial charge in [-0.3, -0.25) is 4.79 Å². The van der Waals surface area contributed by atoms with Crippen LogP contribution in [0.4, 0.5) is 11.4 Å². The van der Waals surface area contributed by atoms with Gasteiger partial charge in [0.2, 0.25) is 5.91 Å². The zero-order valence-electron chi connectivity index (χ0n) is 17.7. The van der Waals surface area contributed by atoms with E-state index in [0.29, 0.717) is 13.2 Å². The van der Waals surface area contributed by atoms with Crippen LogP contribution >= 0.6 is 0 Å². The maximum absolute atomic E-state index is 12.3. The lowest BCUT2D eigenvalue weighted by atomic mass is 10.2. The molecule has 2 aliphatic heterocycles. The molecule has 0 aliphatic carbocycles. The normalized spacial score (nSPS) is 20.4. The Morgan fingerprint density at radius 1 is 0.871 bits per heavy atom. The highest BCUT2D eigenvalue weighted by atomic mass is 16.5. The van der Waals surface area contributed by atoms with Crippen LogP contribution in [0.25, 0.3) is 0 Å². The molecule has 0 aromatic heterocycles. The molecule has 4 rings (SSSR count). The summed E-state index contributed by atoms with van der Waals surface area (Å²) in [5, 5.41) is 6.02. The lowest BCUT2D eigenvalue weighted by Gasteiger charge is -2.13. The molecule has 2 heterocycles. The lowest BCUT2D eigenvalue weighted by molar-refractivity contribution is -0.114. The highest BCUT2D eigenvalue weighted by molar-refractivity contribution is 5.93. The Labute approximate surface area is 183 Å². The molecule has 2 fully saturated rings. The van der Waals surface area contributed by atoms with Crippen molar-refractivity contribution >= 4 is 17.3 Å². The monoisotopic (exact) mass is 426 g/mol. The standard InChI is InChI=1S/C24H30N2O5/c27-24(26-18-8-10-20(11-9-18)30-16-22-6-2-12-28-22)15-25-19-4-1-5-21(14-19)31-17-23-7-3-13-29-23/h1,4-5,8-11,14,22-23,25H,2-3,6-7,12-13,15-17H2,(H,26,27). The Hall–Kier alpha value is -2.77. The quantitative estimate of drug-likeness (QED) is 0.601. The SMILES string of the molecule is O=C(CNc1cccc(OCC2CCCO2)c1)Nc1ccc(OCC2CCCO2)cc1. The van der Waals surface area contributed by atoms with Crippen molar-refractivity contribution in [2.75, 3.05) is 43.6 Å². The van der Waals surface area contributed by atoms with Crippen molar-refractivity contribution < 1.29 is 23.7 Å². The maximum Gasteiger partial charge on any atom is 0.243 e. The van der Waals surface area contributed by atoms with Gasteiger partial charge in [0.15, 0.2) is 0 Å². The molecule has 2 saturated heterocycles. The summed E-state index contributed by atoms with van der Waals surface area (Å²) in [7, 11) is 0. The van der Waals surface area contributed by atoms with Crippen LogP contribution in [0, 0.1) is 0 Å². The van der Waals surface area contributed by atoms with Crippen LogP contribution < -0.4 is 20.1 Å². The van der Waals surface area contributed by atoms with Crippen LogP contribution in [0.15, 0.2) is 48.5 Å². The lowest BCUT2D eigenvalue weighted by Crippen LogP contribution is -2.21. The predicted octanol–water partition coefficient (Wildman–Crippen LogP) is 3.85. The number of hydrogen-bond acceptors (Lipinski definition) is 6. The second-order valence-corrected chi connectivity index (χ2v) is 7.85. The van der Waals surface area contributed by atoms with E-state index in [1.165, 1.54) is 0 Å². The van der Waals surface area contributed by atoms with Crippen molar-refractivity contribution in [3.8, 4) is 11.5 Å². The van der Waals surface area contributed by atoms with Gasteiger partial charge in [-0.05, 0) is 62.1 Å². The third kappa shape index (κ3) is 6.87. The van der Waals surface area contributed by atoms with Gasteiger partial charge in [-0.25, -0.2) is 0 Å². The fraction of sp³-hybridized carbons (Fsp3) is 0.458. The summed E-state index contributed by atoms with van der Waals surface area (Å²) >= 11 is 0. The first-order valence-electron chi connectivity index (χ1n) is 11.0. The number of benzene rings is 2. The summed E-state index contributed by atoms with van der Waals surface area (Å²) in [4.78, 5) is 12.3. The third-order valence-electron chi connectivity index (χ3n) is 5.34. The average molecular weight is 427 g/mol. The topological polar surface area (TPSA) is 78.1 Å². The highest BCUT2D eigenvalue weighted by Crippen LogP contribution is 2.20. The van der Waals surface area contributed by atoms with Crippen molar-refractivity contribution in [2.45, 2.75) is 37.9 Å². The first-order valence-corrected chi connectivity index (χ1v) is 11.0. The van der Waals surface area contributed by atoms with Crippen molar-refractivity contribution in [2.24, 2.45) is 0 Å². The van der Waals surface area contributed by atoms with E-state index in [1.807, 2.05) is 48.5 Å². The molecule has 0 radical (unpaired) electrons. The molecule has 2 aromatic rings. The summed E-state index contributed by atoms with van der Waals surface area (Å²) in [5.74, 6) is 1.41. The molecule has 31 heavy (non-hydrogen) atoms. The number of carbonyl (C=O) groups excluding carboxylic acids is 1. The summed E-state index contributed by atoms with van der Waals surface area (Å²) in [5.41, 5.74) is 1.56. The largest absolute Gasteiger partial charge is 0.491 e. The van der Waals surface area contributed by atoms with Gasteiger partial charge >= 0.3 is 0 Å². The summed E-state index contributed by atoms with van der Waals surface area (Å²) in [6, 6.07) is 15.0. The molecule has 7 heteroatoms. The van der Waals surface area contributed by atoms with Crippen LogP contribution in [0.5, 0.6) is 11.5 Å². The van der Waals surface area contributed by atoms with E-state index in [4.69, 9.17) is 18.9 Å². The Balaban J connectivity index is 1.18. The number of anilines is 2. The highest BCUT2D eigenvalue weighted by Gasteiger charge is 2.17. The van der Waals surface area contributed by atoms with Crippen LogP contribution in [0.2, 0.25) is 0 Å². The van der Waals surface area contributed by atoms with Crippen LogP contribution in [0.3, 0.4) is 0 Å². The number of hydrogen-bond donors (Lipinski definition) is 2. The first kappa shape index (κ1) is 21.5. The van der Waals surface area contributed by atoms with E-state index in [9.17, 15) is 4.79 Å². The number of rotatable bonds is 10. The van der Waals surface area contributed by atoms with Crippen LogP contribution in [0.1, 0.15) is 25.7 Å². The molecule has 2 aromatic carbocycles. The summed E-state index contributed by atoms with van der Waals surface area (Å²) < 4.78 is 22.7. The molecule has 0 saturated carbocycles. The van der Waals surface area contributed by atoms with Gasteiger partial charge in [0, 0.05) is 30.7 Å². The fourth-order valence-electron chi connectivity index (χ4n) is 3.65. The number of amides is 1. The molecular weight excluding hydrogens is 396 g/mol. The van der Waals surface area contributed by atoms with Gasteiger partial charge < -0.3 is 29.6 Å². The summed E-state index contributed by atoms with van der Waals surface area (Å²) in [6.45, 7) is 2.91. The fourth-order valence-corrected chi connectivity index (χ4v) is 3.65. The van der Waals surface area contributed by atoms with Crippen LogP contribution in [-0.2, 0) is 14.3 Å². The average Bonchev–Trinajstić information content (AvgIpc) is 3.50. The minimum absolute atomic E-state index is 0.126. The Kier molecular flexibility index (Phi) is 7.63. The van der Waals surface area contributed by atoms with E-state index in [0.717, 1.165) is 61.8 Å². The second-order valence-electron chi connectivity index (χ2n) is 7.85. The van der Waals surface area contributed by atoms with E-state index in [2.05, 4.69) is 10.6 Å².